The first-order chi connectivity index (χ1) is 8.18. The van der Waals surface area contributed by atoms with Crippen molar-refractivity contribution in [1.82, 2.24) is 15.3 Å². The lowest BCUT2D eigenvalue weighted by Gasteiger charge is -2.21. The van der Waals surface area contributed by atoms with Gasteiger partial charge in [-0.3, -0.25) is 4.79 Å². The summed E-state index contributed by atoms with van der Waals surface area (Å²) in [7, 11) is 0. The van der Waals surface area contributed by atoms with Crippen molar-refractivity contribution >= 4 is 34.9 Å². The number of amides is 1. The highest BCUT2D eigenvalue weighted by Gasteiger charge is 2.22. The van der Waals surface area contributed by atoms with Gasteiger partial charge in [0.15, 0.2) is 11.0 Å². The fourth-order valence-corrected chi connectivity index (χ4v) is 2.01. The van der Waals surface area contributed by atoms with Crippen molar-refractivity contribution in [2.75, 3.05) is 18.4 Å². The molecule has 7 heteroatoms. The average molecular weight is 275 g/mol. The summed E-state index contributed by atoms with van der Waals surface area (Å²) in [5, 5.41) is 6.16. The molecule has 2 rings (SSSR count). The van der Waals surface area contributed by atoms with E-state index in [9.17, 15) is 4.79 Å². The van der Waals surface area contributed by atoms with Gasteiger partial charge in [0, 0.05) is 6.54 Å². The third-order valence-corrected chi connectivity index (χ3v) is 3.40. The number of halogens is 2. The van der Waals surface area contributed by atoms with Gasteiger partial charge in [-0.2, -0.15) is 0 Å². The minimum atomic E-state index is -0.0890. The second kappa shape index (κ2) is 5.62. The van der Waals surface area contributed by atoms with Crippen molar-refractivity contribution in [3.63, 3.8) is 0 Å². The molecule has 1 aromatic heterocycles. The van der Waals surface area contributed by atoms with Crippen LogP contribution in [0, 0.1) is 5.92 Å². The summed E-state index contributed by atoms with van der Waals surface area (Å²) in [4.78, 5) is 19.5. The molecule has 2 N–H and O–H groups in total. The third-order valence-electron chi connectivity index (χ3n) is 2.66. The van der Waals surface area contributed by atoms with Gasteiger partial charge >= 0.3 is 0 Å². The summed E-state index contributed by atoms with van der Waals surface area (Å²) in [6.07, 6.45) is 3.13. The Bertz CT molecular complexity index is 421. The molecule has 5 nitrogen and oxygen atoms in total. The number of piperidine rings is 1. The Kier molecular flexibility index (Phi) is 4.15. The quantitative estimate of drug-likeness (QED) is 0.806. The van der Waals surface area contributed by atoms with E-state index in [1.165, 1.54) is 6.33 Å². The van der Waals surface area contributed by atoms with Crippen molar-refractivity contribution < 1.29 is 4.79 Å². The first-order valence-electron chi connectivity index (χ1n) is 5.36. The second-order valence-corrected chi connectivity index (χ2v) is 4.60. The van der Waals surface area contributed by atoms with Crippen molar-refractivity contribution in [2.24, 2.45) is 5.92 Å². The van der Waals surface area contributed by atoms with E-state index in [2.05, 4.69) is 20.6 Å². The highest BCUT2D eigenvalue weighted by Crippen LogP contribution is 2.26. The summed E-state index contributed by atoms with van der Waals surface area (Å²) >= 11 is 11.6. The topological polar surface area (TPSA) is 66.9 Å². The zero-order valence-electron chi connectivity index (χ0n) is 9.04. The SMILES string of the molecule is O=C(Nc1ncnc(Cl)c1Cl)[C@H]1CCCNC1. The third kappa shape index (κ3) is 3.06. The molecule has 0 saturated carbocycles. The molecule has 0 aromatic carbocycles. The first-order valence-corrected chi connectivity index (χ1v) is 6.11. The zero-order chi connectivity index (χ0) is 12.3. The molecule has 0 radical (unpaired) electrons. The first kappa shape index (κ1) is 12.5. The minimum Gasteiger partial charge on any atom is -0.316 e. The lowest BCUT2D eigenvalue weighted by Crippen LogP contribution is -2.37. The second-order valence-electron chi connectivity index (χ2n) is 3.86. The molecule has 1 aliphatic rings. The normalized spacial score (nSPS) is 20.0. The van der Waals surface area contributed by atoms with Crippen molar-refractivity contribution in [2.45, 2.75) is 12.8 Å². The van der Waals surface area contributed by atoms with E-state index >= 15 is 0 Å². The zero-order valence-corrected chi connectivity index (χ0v) is 10.6. The van der Waals surface area contributed by atoms with Crippen LogP contribution in [0.5, 0.6) is 0 Å². The smallest absolute Gasteiger partial charge is 0.229 e. The van der Waals surface area contributed by atoms with Crippen LogP contribution in [-0.4, -0.2) is 29.0 Å². The van der Waals surface area contributed by atoms with Gasteiger partial charge in [0.25, 0.3) is 0 Å². The maximum absolute atomic E-state index is 11.9. The molecular formula is C10H12Cl2N4O. The molecule has 0 spiro atoms. The van der Waals surface area contributed by atoms with Gasteiger partial charge in [0.2, 0.25) is 5.91 Å². The van der Waals surface area contributed by atoms with E-state index in [-0.39, 0.29) is 27.8 Å². The molecule has 0 unspecified atom stereocenters. The van der Waals surface area contributed by atoms with Gasteiger partial charge in [0.05, 0.1) is 5.92 Å². The molecule has 1 aliphatic heterocycles. The van der Waals surface area contributed by atoms with E-state index in [4.69, 9.17) is 23.2 Å². The van der Waals surface area contributed by atoms with E-state index in [1.54, 1.807) is 0 Å². The van der Waals surface area contributed by atoms with E-state index in [0.29, 0.717) is 6.54 Å². The minimum absolute atomic E-state index is 0.0476. The molecule has 17 heavy (non-hydrogen) atoms. The number of nitrogens with one attached hydrogen (secondary N) is 2. The van der Waals surface area contributed by atoms with E-state index < -0.39 is 0 Å². The largest absolute Gasteiger partial charge is 0.316 e. The number of aromatic nitrogens is 2. The summed E-state index contributed by atoms with van der Waals surface area (Å²) < 4.78 is 0. The molecule has 1 fully saturated rings. The highest BCUT2D eigenvalue weighted by atomic mass is 35.5. The van der Waals surface area contributed by atoms with Crippen molar-refractivity contribution in [3.05, 3.63) is 16.5 Å². The van der Waals surface area contributed by atoms with Crippen LogP contribution in [0.2, 0.25) is 10.2 Å². The van der Waals surface area contributed by atoms with Gasteiger partial charge in [-0.05, 0) is 19.4 Å². The average Bonchev–Trinajstić information content (AvgIpc) is 2.36. The molecule has 0 bridgehead atoms. The lowest BCUT2D eigenvalue weighted by atomic mass is 9.99. The molecule has 2 heterocycles. The van der Waals surface area contributed by atoms with Crippen LogP contribution in [0.15, 0.2) is 6.33 Å². The number of hydrogen-bond donors (Lipinski definition) is 2. The number of hydrogen-bond acceptors (Lipinski definition) is 4. The van der Waals surface area contributed by atoms with Crippen LogP contribution in [0.25, 0.3) is 0 Å². The van der Waals surface area contributed by atoms with Crippen LogP contribution in [0.4, 0.5) is 5.82 Å². The van der Waals surface area contributed by atoms with E-state index in [1.807, 2.05) is 0 Å². The predicted octanol–water partition coefficient (Wildman–Crippen LogP) is 1.72. The van der Waals surface area contributed by atoms with Crippen molar-refractivity contribution in [3.8, 4) is 0 Å². The molecule has 1 atom stereocenters. The Balaban J connectivity index is 2.04. The van der Waals surface area contributed by atoms with Crippen LogP contribution in [0.3, 0.4) is 0 Å². The monoisotopic (exact) mass is 274 g/mol. The Morgan fingerprint density at radius 2 is 2.29 bits per heavy atom. The number of rotatable bonds is 2. The Morgan fingerprint density at radius 3 is 3.00 bits per heavy atom. The van der Waals surface area contributed by atoms with Crippen LogP contribution in [0.1, 0.15) is 12.8 Å². The number of nitrogens with zero attached hydrogens (tertiary/aromatic N) is 2. The van der Waals surface area contributed by atoms with Gasteiger partial charge in [0.1, 0.15) is 11.3 Å². The lowest BCUT2D eigenvalue weighted by molar-refractivity contribution is -0.120. The Hall–Kier alpha value is -0.910. The fraction of sp³-hybridized carbons (Fsp3) is 0.500. The van der Waals surface area contributed by atoms with Crippen LogP contribution >= 0.6 is 23.2 Å². The highest BCUT2D eigenvalue weighted by molar-refractivity contribution is 6.42. The summed E-state index contributed by atoms with van der Waals surface area (Å²) in [5.41, 5.74) is 0. The molecule has 0 aliphatic carbocycles. The van der Waals surface area contributed by atoms with Gasteiger partial charge < -0.3 is 10.6 Å². The summed E-state index contributed by atoms with van der Waals surface area (Å²) in [6.45, 7) is 1.64. The number of carbonyl (C=O) groups is 1. The fourth-order valence-electron chi connectivity index (χ4n) is 1.73. The number of carbonyl (C=O) groups excluding carboxylic acids is 1. The van der Waals surface area contributed by atoms with Crippen molar-refractivity contribution in [1.29, 1.82) is 0 Å². The Labute approximate surface area is 109 Å². The molecule has 1 saturated heterocycles. The molecule has 1 aromatic rings. The van der Waals surface area contributed by atoms with Gasteiger partial charge in [-0.1, -0.05) is 23.2 Å². The molecule has 92 valence electrons. The standard InChI is InChI=1S/C10H12Cl2N4O/c11-7-8(12)14-5-15-9(7)16-10(17)6-2-1-3-13-4-6/h5-6,13H,1-4H2,(H,14,15,16,17)/t6-/m0/s1. The van der Waals surface area contributed by atoms with E-state index in [0.717, 1.165) is 19.4 Å². The summed E-state index contributed by atoms with van der Waals surface area (Å²) in [5.74, 6) is 0.129. The predicted molar refractivity (Wildman–Crippen MR) is 66.3 cm³/mol. The van der Waals surface area contributed by atoms with Gasteiger partial charge in [-0.25, -0.2) is 9.97 Å². The molecule has 1 amide bonds. The maximum Gasteiger partial charge on any atom is 0.229 e. The maximum atomic E-state index is 11.9. The Morgan fingerprint density at radius 1 is 1.47 bits per heavy atom. The van der Waals surface area contributed by atoms with Gasteiger partial charge in [-0.15, -0.1) is 0 Å². The number of anilines is 1. The molecular weight excluding hydrogens is 263 g/mol. The van der Waals surface area contributed by atoms with Crippen LogP contribution < -0.4 is 10.6 Å². The van der Waals surface area contributed by atoms with Crippen LogP contribution in [-0.2, 0) is 4.79 Å². The summed E-state index contributed by atoms with van der Waals surface area (Å²) in [6, 6.07) is 0.